The number of hydrogen-bond donors (Lipinski definition) is 4. The molecule has 0 unspecified atom stereocenters. The molecule has 0 saturated carbocycles. The highest BCUT2D eigenvalue weighted by Gasteiger charge is 2.38. The van der Waals surface area contributed by atoms with Crippen LogP contribution in [0, 0.1) is 0 Å². The molecule has 0 atom stereocenters. The number of alkyl halides is 3. The van der Waals surface area contributed by atoms with Crippen LogP contribution < -0.4 is 10.6 Å². The molecular weight excluding hydrogens is 693 g/mol. The molecule has 1 amide bonds. The number of imidazole rings is 1. The molecule has 5 N–H and O–H groups in total. The number of halogens is 4. The average Bonchev–Trinajstić information content (AvgIpc) is 3.78. The van der Waals surface area contributed by atoms with Crippen LogP contribution in [0.5, 0.6) is 0 Å². The molecule has 0 radical (unpaired) electrons. The van der Waals surface area contributed by atoms with Gasteiger partial charge in [-0.25, -0.2) is 19.7 Å². The Morgan fingerprint density at radius 3 is 2.38 bits per heavy atom. The maximum atomic E-state index is 12.4. The van der Waals surface area contributed by atoms with Gasteiger partial charge in [-0.05, 0) is 50.5 Å². The zero-order valence-electron chi connectivity index (χ0n) is 24.9. The fourth-order valence-corrected chi connectivity index (χ4v) is 5.22. The van der Waals surface area contributed by atoms with E-state index in [1.165, 1.54) is 11.9 Å². The second-order valence-corrected chi connectivity index (χ2v) is 10.8. The lowest BCUT2D eigenvalue weighted by atomic mass is 10.0. The quantitative estimate of drug-likeness (QED) is 0.153. The highest BCUT2D eigenvalue weighted by Crippen LogP contribution is 2.41. The third kappa shape index (κ3) is 7.66. The van der Waals surface area contributed by atoms with Gasteiger partial charge in [-0.3, -0.25) is 9.69 Å². The Bertz CT molecular complexity index is 1910. The van der Waals surface area contributed by atoms with Gasteiger partial charge in [0, 0.05) is 36.5 Å². The number of aryl methyl sites for hydroxylation is 1. The van der Waals surface area contributed by atoms with Gasteiger partial charge in [0.1, 0.15) is 17.2 Å². The summed E-state index contributed by atoms with van der Waals surface area (Å²) in [6, 6.07) is 13.3. The Morgan fingerprint density at radius 2 is 1.81 bits per heavy atom. The number of carbonyl (C=O) groups is 3. The number of carboxylic acid groups (broad SMARTS) is 2. The molecule has 3 heterocycles. The standard InChI is InChI=1S/C27H27BrN8O4.C2HF3O2/c1-3-4-9-20-30-26(35(2)21(37)13-29)23(27(38)39)36(20)14-15-10-11-19-18(12-15)22(28)24(40-19)16-7-5-6-8-17(16)25-31-33-34-32-25;3-2(4,5)1(6)7/h5-8,10-12H,3-4,9,13-14,29H2,1-2H3,(H,38,39)(H,31,32,33,34);(H,6,7). The topological polar surface area (TPSA) is 206 Å². The molecular formula is C29H28BrF3N8O6. The van der Waals surface area contributed by atoms with Gasteiger partial charge in [0.15, 0.2) is 17.3 Å². The molecule has 3 aromatic heterocycles. The number of nitrogens with one attached hydrogen (secondary N) is 1. The number of aromatic nitrogens is 6. The Labute approximate surface area is 272 Å². The summed E-state index contributed by atoms with van der Waals surface area (Å²) < 4.78 is 40.4. The molecule has 5 rings (SSSR count). The lowest BCUT2D eigenvalue weighted by Crippen LogP contribution is -2.34. The summed E-state index contributed by atoms with van der Waals surface area (Å²) in [5.41, 5.74) is 8.55. The van der Waals surface area contributed by atoms with Crippen LogP contribution in [0.1, 0.15) is 41.6 Å². The molecule has 248 valence electrons. The second kappa shape index (κ2) is 14.5. The van der Waals surface area contributed by atoms with E-state index in [2.05, 4.69) is 48.5 Å². The average molecular weight is 721 g/mol. The Hall–Kier alpha value is -5.10. The van der Waals surface area contributed by atoms with Gasteiger partial charge in [-0.15, -0.1) is 5.10 Å². The summed E-state index contributed by atoms with van der Waals surface area (Å²) in [6.07, 6.45) is -2.79. The predicted molar refractivity (Wildman–Crippen MR) is 166 cm³/mol. The number of hydrogen-bond acceptors (Lipinski definition) is 9. The van der Waals surface area contributed by atoms with Crippen molar-refractivity contribution in [2.24, 2.45) is 5.73 Å². The van der Waals surface area contributed by atoms with E-state index in [0.717, 1.165) is 39.4 Å². The molecule has 0 saturated heterocycles. The van der Waals surface area contributed by atoms with Crippen molar-refractivity contribution in [1.29, 1.82) is 0 Å². The van der Waals surface area contributed by atoms with Crippen molar-refractivity contribution < 1.29 is 42.2 Å². The van der Waals surface area contributed by atoms with Crippen molar-refractivity contribution in [1.82, 2.24) is 30.2 Å². The van der Waals surface area contributed by atoms with E-state index >= 15 is 0 Å². The molecule has 5 aromatic rings. The second-order valence-electron chi connectivity index (χ2n) is 10.0. The number of carboxylic acids is 2. The van der Waals surface area contributed by atoms with E-state index in [1.807, 2.05) is 42.5 Å². The van der Waals surface area contributed by atoms with Gasteiger partial charge < -0.3 is 24.9 Å². The van der Waals surface area contributed by atoms with Crippen molar-refractivity contribution >= 4 is 50.6 Å². The predicted octanol–water partition coefficient (Wildman–Crippen LogP) is 4.88. The summed E-state index contributed by atoms with van der Waals surface area (Å²) in [6.45, 7) is 2.03. The molecule has 0 aliphatic heterocycles. The highest BCUT2D eigenvalue weighted by atomic mass is 79.9. The first-order valence-corrected chi connectivity index (χ1v) is 14.7. The minimum atomic E-state index is -5.08. The van der Waals surface area contributed by atoms with E-state index in [4.69, 9.17) is 20.1 Å². The van der Waals surface area contributed by atoms with Gasteiger partial charge in [-0.1, -0.05) is 43.7 Å². The molecule has 0 aliphatic carbocycles. The van der Waals surface area contributed by atoms with E-state index in [1.54, 1.807) is 4.57 Å². The van der Waals surface area contributed by atoms with Crippen LogP contribution >= 0.6 is 15.9 Å². The van der Waals surface area contributed by atoms with Gasteiger partial charge in [-0.2, -0.15) is 13.2 Å². The number of fused-ring (bicyclic) bond motifs is 1. The van der Waals surface area contributed by atoms with Crippen LogP contribution in [-0.2, 0) is 22.6 Å². The number of anilines is 1. The number of carbonyl (C=O) groups excluding carboxylic acids is 1. The first-order chi connectivity index (χ1) is 22.3. The molecule has 14 nitrogen and oxygen atoms in total. The molecule has 0 bridgehead atoms. The van der Waals surface area contributed by atoms with Gasteiger partial charge in [0.25, 0.3) is 0 Å². The minimum Gasteiger partial charge on any atom is -0.476 e. The summed E-state index contributed by atoms with van der Waals surface area (Å²) in [7, 11) is 1.49. The van der Waals surface area contributed by atoms with Crippen LogP contribution in [0.2, 0.25) is 0 Å². The summed E-state index contributed by atoms with van der Waals surface area (Å²) >= 11 is 3.71. The fourth-order valence-electron chi connectivity index (χ4n) is 4.61. The molecule has 0 spiro atoms. The third-order valence-electron chi connectivity index (χ3n) is 6.90. The van der Waals surface area contributed by atoms with Gasteiger partial charge in [0.2, 0.25) is 5.91 Å². The van der Waals surface area contributed by atoms with Crippen molar-refractivity contribution in [2.75, 3.05) is 18.5 Å². The van der Waals surface area contributed by atoms with E-state index in [-0.39, 0.29) is 24.6 Å². The van der Waals surface area contributed by atoms with Crippen LogP contribution in [0.25, 0.3) is 33.7 Å². The summed E-state index contributed by atoms with van der Waals surface area (Å²) in [4.78, 5) is 39.4. The number of H-pyrrole nitrogens is 1. The number of furan rings is 1. The fraction of sp³-hybridized carbons (Fsp3) is 0.276. The largest absolute Gasteiger partial charge is 0.490 e. The van der Waals surface area contributed by atoms with Crippen molar-refractivity contribution in [3.8, 4) is 22.7 Å². The molecule has 47 heavy (non-hydrogen) atoms. The van der Waals surface area contributed by atoms with Gasteiger partial charge >= 0.3 is 18.1 Å². The Kier molecular flexibility index (Phi) is 10.8. The number of amides is 1. The van der Waals surface area contributed by atoms with Crippen LogP contribution in [0.4, 0.5) is 19.0 Å². The van der Waals surface area contributed by atoms with Crippen molar-refractivity contribution in [3.63, 3.8) is 0 Å². The van der Waals surface area contributed by atoms with Crippen LogP contribution in [0.3, 0.4) is 0 Å². The van der Waals surface area contributed by atoms with Gasteiger partial charge in [0.05, 0.1) is 11.0 Å². The lowest BCUT2D eigenvalue weighted by Gasteiger charge is -2.15. The number of unbranched alkanes of at least 4 members (excludes halogenated alkanes) is 1. The minimum absolute atomic E-state index is 0.0583. The van der Waals surface area contributed by atoms with Crippen LogP contribution in [-0.4, -0.2) is 78.0 Å². The van der Waals surface area contributed by atoms with Crippen molar-refractivity contribution in [3.05, 3.63) is 64.0 Å². The van der Waals surface area contributed by atoms with E-state index < -0.39 is 24.0 Å². The zero-order valence-corrected chi connectivity index (χ0v) is 26.5. The maximum Gasteiger partial charge on any atom is 0.490 e. The number of aromatic amines is 1. The number of aliphatic carboxylic acids is 1. The molecule has 18 heteroatoms. The Morgan fingerprint density at radius 1 is 1.13 bits per heavy atom. The number of aromatic carboxylic acids is 1. The highest BCUT2D eigenvalue weighted by molar-refractivity contribution is 9.10. The maximum absolute atomic E-state index is 12.4. The number of nitrogens with two attached hydrogens (primary N) is 1. The zero-order chi connectivity index (χ0) is 34.5. The SMILES string of the molecule is CCCCc1nc(N(C)C(=O)CN)c(C(=O)O)n1Cc1ccc2oc(-c3ccccc3-c3nnn[nH]3)c(Br)c2c1.O=C(O)C(F)(F)F. The number of tetrazole rings is 1. The number of benzene rings is 2. The first-order valence-electron chi connectivity index (χ1n) is 13.9. The third-order valence-corrected chi connectivity index (χ3v) is 7.69. The first kappa shape index (κ1) is 34.8. The van der Waals surface area contributed by atoms with Crippen LogP contribution in [0.15, 0.2) is 51.4 Å². The monoisotopic (exact) mass is 720 g/mol. The lowest BCUT2D eigenvalue weighted by molar-refractivity contribution is -0.192. The van der Waals surface area contributed by atoms with E-state index in [0.29, 0.717) is 29.4 Å². The molecule has 0 aliphatic rings. The smallest absolute Gasteiger partial charge is 0.476 e. The molecule has 0 fully saturated rings. The normalized spacial score (nSPS) is 11.3. The van der Waals surface area contributed by atoms with E-state index in [9.17, 15) is 27.9 Å². The number of nitrogens with zero attached hydrogens (tertiary/aromatic N) is 6. The molecule has 2 aromatic carbocycles. The van der Waals surface area contributed by atoms with Crippen molar-refractivity contribution in [2.45, 2.75) is 38.9 Å². The number of rotatable bonds is 10. The summed E-state index contributed by atoms with van der Waals surface area (Å²) in [5, 5.41) is 32.3. The number of likely N-dealkylation sites (N-methyl/N-ethyl adjacent to an activating group) is 1. The Balaban J connectivity index is 0.000000644. The summed E-state index contributed by atoms with van der Waals surface area (Å²) in [5.74, 6) is -2.56.